The van der Waals surface area contributed by atoms with E-state index in [-0.39, 0.29) is 5.92 Å². The predicted molar refractivity (Wildman–Crippen MR) is 65.4 cm³/mol. The van der Waals surface area contributed by atoms with E-state index < -0.39 is 36.2 Å². The molecule has 0 saturated heterocycles. The molecule has 2 amide bonds. The van der Waals surface area contributed by atoms with Crippen LogP contribution in [0, 0.1) is 5.92 Å². The van der Waals surface area contributed by atoms with Crippen LogP contribution in [0.5, 0.6) is 0 Å². The zero-order valence-electron chi connectivity index (χ0n) is 11.3. The third kappa shape index (κ3) is 5.56. The second-order valence-electron chi connectivity index (χ2n) is 4.42. The molecule has 110 valence electrons. The highest BCUT2D eigenvalue weighted by molar-refractivity contribution is 5.86. The number of hydrogen-bond donors (Lipinski definition) is 4. The molecule has 8 heteroatoms. The molecule has 4 N–H and O–H groups in total. The van der Waals surface area contributed by atoms with Gasteiger partial charge in [0.15, 0.2) is 6.04 Å². The zero-order chi connectivity index (χ0) is 15.2. The average molecular weight is 276 g/mol. The number of urea groups is 1. The van der Waals surface area contributed by atoms with E-state index in [1.807, 2.05) is 0 Å². The lowest BCUT2D eigenvalue weighted by Gasteiger charge is -2.22. The van der Waals surface area contributed by atoms with Crippen molar-refractivity contribution in [2.45, 2.75) is 39.0 Å². The Hall–Kier alpha value is -1.83. The van der Waals surface area contributed by atoms with Crippen molar-refractivity contribution >= 4 is 18.0 Å². The SMILES string of the molecule is COC(=O)C(NC(=O)N[C@H](C(=O)O)[C@@H](C)O)C(C)C. The van der Waals surface area contributed by atoms with Crippen LogP contribution < -0.4 is 10.6 Å². The van der Waals surface area contributed by atoms with Crippen LogP contribution in [0.25, 0.3) is 0 Å². The van der Waals surface area contributed by atoms with Gasteiger partial charge in [-0.05, 0) is 12.8 Å². The Labute approximate surface area is 111 Å². The number of rotatable bonds is 6. The average Bonchev–Trinajstić information content (AvgIpc) is 2.30. The highest BCUT2D eigenvalue weighted by atomic mass is 16.5. The van der Waals surface area contributed by atoms with Gasteiger partial charge in [-0.1, -0.05) is 13.8 Å². The van der Waals surface area contributed by atoms with Crippen molar-refractivity contribution in [1.82, 2.24) is 10.6 Å². The summed E-state index contributed by atoms with van der Waals surface area (Å²) in [6.07, 6.45) is -1.26. The largest absolute Gasteiger partial charge is 0.480 e. The Morgan fingerprint density at radius 2 is 1.53 bits per heavy atom. The molecule has 3 atom stereocenters. The number of carboxylic acid groups (broad SMARTS) is 1. The van der Waals surface area contributed by atoms with Crippen molar-refractivity contribution in [2.24, 2.45) is 5.92 Å². The van der Waals surface area contributed by atoms with E-state index in [9.17, 15) is 19.5 Å². The van der Waals surface area contributed by atoms with Crippen LogP contribution in [0.3, 0.4) is 0 Å². The number of aliphatic hydroxyl groups excluding tert-OH is 1. The maximum Gasteiger partial charge on any atom is 0.328 e. The van der Waals surface area contributed by atoms with Gasteiger partial charge < -0.3 is 25.6 Å². The Morgan fingerprint density at radius 1 is 1.05 bits per heavy atom. The van der Waals surface area contributed by atoms with E-state index in [2.05, 4.69) is 15.4 Å². The maximum atomic E-state index is 11.6. The van der Waals surface area contributed by atoms with Gasteiger partial charge in [0, 0.05) is 0 Å². The Balaban J connectivity index is 4.66. The van der Waals surface area contributed by atoms with Crippen LogP contribution in [0.15, 0.2) is 0 Å². The Kier molecular flexibility index (Phi) is 6.84. The molecule has 0 aromatic carbocycles. The zero-order valence-corrected chi connectivity index (χ0v) is 11.3. The molecule has 1 unspecified atom stereocenters. The van der Waals surface area contributed by atoms with Crippen LogP contribution >= 0.6 is 0 Å². The first-order valence-corrected chi connectivity index (χ1v) is 5.76. The molecule has 0 saturated carbocycles. The number of carbonyl (C=O) groups is 3. The lowest BCUT2D eigenvalue weighted by atomic mass is 10.1. The van der Waals surface area contributed by atoms with Crippen molar-refractivity contribution in [3.8, 4) is 0 Å². The summed E-state index contributed by atoms with van der Waals surface area (Å²) >= 11 is 0. The summed E-state index contributed by atoms with van der Waals surface area (Å²) in [7, 11) is 1.19. The third-order valence-corrected chi connectivity index (χ3v) is 2.44. The summed E-state index contributed by atoms with van der Waals surface area (Å²) in [5.74, 6) is -2.23. The topological polar surface area (TPSA) is 125 Å². The Bertz CT molecular complexity index is 342. The summed E-state index contributed by atoms with van der Waals surface area (Å²) in [5, 5.41) is 22.4. The monoisotopic (exact) mass is 276 g/mol. The lowest BCUT2D eigenvalue weighted by molar-refractivity contribution is -0.144. The predicted octanol–water partition coefficient (Wildman–Crippen LogP) is -0.683. The molecule has 0 fully saturated rings. The van der Waals surface area contributed by atoms with Crippen molar-refractivity contribution in [3.63, 3.8) is 0 Å². The summed E-state index contributed by atoms with van der Waals surface area (Å²) in [5.41, 5.74) is 0. The molecule has 19 heavy (non-hydrogen) atoms. The van der Waals surface area contributed by atoms with Crippen molar-refractivity contribution < 1.29 is 29.3 Å². The van der Waals surface area contributed by atoms with Gasteiger partial charge in [-0.3, -0.25) is 0 Å². The summed E-state index contributed by atoms with van der Waals surface area (Å²) < 4.78 is 4.53. The van der Waals surface area contributed by atoms with E-state index in [4.69, 9.17) is 5.11 Å². The van der Waals surface area contributed by atoms with Gasteiger partial charge in [-0.2, -0.15) is 0 Å². The van der Waals surface area contributed by atoms with Crippen molar-refractivity contribution in [2.75, 3.05) is 7.11 Å². The number of nitrogens with one attached hydrogen (secondary N) is 2. The number of aliphatic carboxylic acids is 1. The number of ether oxygens (including phenoxy) is 1. The van der Waals surface area contributed by atoms with E-state index >= 15 is 0 Å². The van der Waals surface area contributed by atoms with Gasteiger partial charge in [0.1, 0.15) is 6.04 Å². The van der Waals surface area contributed by atoms with Gasteiger partial charge in [0.05, 0.1) is 13.2 Å². The number of methoxy groups -OCH3 is 1. The molecule has 0 aromatic rings. The number of carbonyl (C=O) groups excluding carboxylic acids is 2. The minimum absolute atomic E-state index is 0.229. The second kappa shape index (κ2) is 7.57. The highest BCUT2D eigenvalue weighted by Crippen LogP contribution is 2.03. The van der Waals surface area contributed by atoms with Gasteiger partial charge >= 0.3 is 18.0 Å². The number of esters is 1. The Morgan fingerprint density at radius 3 is 1.84 bits per heavy atom. The van der Waals surface area contributed by atoms with Crippen LogP contribution in [0.4, 0.5) is 4.79 Å². The fourth-order valence-electron chi connectivity index (χ4n) is 1.34. The van der Waals surface area contributed by atoms with Gasteiger partial charge in [0.25, 0.3) is 0 Å². The van der Waals surface area contributed by atoms with Crippen LogP contribution in [-0.4, -0.2) is 53.5 Å². The molecule has 8 nitrogen and oxygen atoms in total. The van der Waals surface area contributed by atoms with Crippen LogP contribution in [-0.2, 0) is 14.3 Å². The standard InChI is InChI=1S/C11H20N2O6/c1-5(2)7(10(17)19-4)12-11(18)13-8(6(3)14)9(15)16/h5-8,14H,1-4H3,(H,15,16)(H2,12,13,18)/t6-,7?,8+/m1/s1. The first-order valence-electron chi connectivity index (χ1n) is 5.76. The number of amides is 2. The molecule has 0 aliphatic rings. The molecule has 0 spiro atoms. The fraction of sp³-hybridized carbons (Fsp3) is 0.727. The molecular weight excluding hydrogens is 256 g/mol. The van der Waals surface area contributed by atoms with E-state index in [1.54, 1.807) is 13.8 Å². The molecule has 0 bridgehead atoms. The normalized spacial score (nSPS) is 15.3. The van der Waals surface area contributed by atoms with Crippen molar-refractivity contribution in [3.05, 3.63) is 0 Å². The lowest BCUT2D eigenvalue weighted by Crippen LogP contribution is -2.55. The van der Waals surface area contributed by atoms with Crippen LogP contribution in [0.2, 0.25) is 0 Å². The first-order chi connectivity index (χ1) is 8.70. The van der Waals surface area contributed by atoms with Gasteiger partial charge in [-0.15, -0.1) is 0 Å². The van der Waals surface area contributed by atoms with Crippen LogP contribution in [0.1, 0.15) is 20.8 Å². The van der Waals surface area contributed by atoms with E-state index in [0.29, 0.717) is 0 Å². The smallest absolute Gasteiger partial charge is 0.328 e. The maximum absolute atomic E-state index is 11.6. The summed E-state index contributed by atoms with van der Waals surface area (Å²) in [6, 6.07) is -3.21. The van der Waals surface area contributed by atoms with Gasteiger partial charge in [-0.25, -0.2) is 14.4 Å². The minimum atomic E-state index is -1.45. The third-order valence-electron chi connectivity index (χ3n) is 2.44. The quantitative estimate of drug-likeness (QED) is 0.476. The molecule has 0 aliphatic carbocycles. The molecule has 0 aromatic heterocycles. The summed E-state index contributed by atoms with van der Waals surface area (Å²) in [6.45, 7) is 4.63. The van der Waals surface area contributed by atoms with Crippen molar-refractivity contribution in [1.29, 1.82) is 0 Å². The van der Waals surface area contributed by atoms with E-state index in [0.717, 1.165) is 0 Å². The first kappa shape index (κ1) is 17.2. The molecule has 0 radical (unpaired) electrons. The molecule has 0 aliphatic heterocycles. The molecule has 0 rings (SSSR count). The van der Waals surface area contributed by atoms with Gasteiger partial charge in [0.2, 0.25) is 0 Å². The summed E-state index contributed by atoms with van der Waals surface area (Å²) in [4.78, 5) is 33.8. The minimum Gasteiger partial charge on any atom is -0.480 e. The second-order valence-corrected chi connectivity index (χ2v) is 4.42. The number of carboxylic acids is 1. The number of aliphatic hydroxyl groups is 1. The number of hydrogen-bond acceptors (Lipinski definition) is 5. The molecular formula is C11H20N2O6. The molecule has 0 heterocycles. The van der Waals surface area contributed by atoms with E-state index in [1.165, 1.54) is 14.0 Å². The highest BCUT2D eigenvalue weighted by Gasteiger charge is 2.29. The fourth-order valence-corrected chi connectivity index (χ4v) is 1.34.